The molecule has 1 N–H and O–H groups in total. The highest BCUT2D eigenvalue weighted by molar-refractivity contribution is 6.31. The first-order valence-corrected chi connectivity index (χ1v) is 6.00. The molecule has 0 saturated heterocycles. The van der Waals surface area contributed by atoms with Crippen LogP contribution in [0.25, 0.3) is 0 Å². The summed E-state index contributed by atoms with van der Waals surface area (Å²) in [7, 11) is 0. The summed E-state index contributed by atoms with van der Waals surface area (Å²) in [6, 6.07) is 7.23. The predicted octanol–water partition coefficient (Wildman–Crippen LogP) is 4.25. The molecule has 0 saturated carbocycles. The number of hydrogen-bond acceptors (Lipinski definition) is 3. The van der Waals surface area contributed by atoms with Crippen molar-refractivity contribution in [2.24, 2.45) is 0 Å². The monoisotopic (exact) mass is 302 g/mol. The van der Waals surface area contributed by atoms with Gasteiger partial charge in [-0.25, -0.2) is 0 Å². The third-order valence-electron chi connectivity index (χ3n) is 2.43. The van der Waals surface area contributed by atoms with Crippen LogP contribution in [0.1, 0.15) is 5.56 Å². The Kier molecular flexibility index (Phi) is 4.34. The average molecular weight is 303 g/mol. The van der Waals surface area contributed by atoms with E-state index in [-0.39, 0.29) is 5.75 Å². The van der Waals surface area contributed by atoms with E-state index in [9.17, 15) is 13.2 Å². The van der Waals surface area contributed by atoms with E-state index in [4.69, 9.17) is 11.6 Å². The fraction of sp³-hybridized carbons (Fsp3) is 0.154. The molecule has 0 fully saturated rings. The van der Waals surface area contributed by atoms with Crippen LogP contribution in [0, 0.1) is 0 Å². The van der Waals surface area contributed by atoms with Crippen LogP contribution in [0.5, 0.6) is 5.75 Å². The molecule has 0 aliphatic rings. The molecule has 1 aromatic heterocycles. The van der Waals surface area contributed by atoms with Crippen molar-refractivity contribution in [3.63, 3.8) is 0 Å². The number of anilines is 1. The van der Waals surface area contributed by atoms with Gasteiger partial charge in [-0.3, -0.25) is 4.98 Å². The number of pyridine rings is 1. The second-order valence-corrected chi connectivity index (χ2v) is 4.30. The van der Waals surface area contributed by atoms with Crippen LogP contribution < -0.4 is 10.1 Å². The minimum Gasteiger partial charge on any atom is -0.406 e. The van der Waals surface area contributed by atoms with Gasteiger partial charge in [0.15, 0.2) is 0 Å². The van der Waals surface area contributed by atoms with Crippen LogP contribution >= 0.6 is 11.6 Å². The van der Waals surface area contributed by atoms with Crippen LogP contribution in [-0.2, 0) is 6.54 Å². The summed E-state index contributed by atoms with van der Waals surface area (Å²) in [4.78, 5) is 3.86. The molecule has 1 heterocycles. The maximum atomic E-state index is 12.0. The fourth-order valence-corrected chi connectivity index (χ4v) is 1.71. The Balaban J connectivity index is 1.96. The first-order chi connectivity index (χ1) is 9.44. The van der Waals surface area contributed by atoms with Gasteiger partial charge in [0.2, 0.25) is 0 Å². The highest BCUT2D eigenvalue weighted by Crippen LogP contribution is 2.24. The maximum Gasteiger partial charge on any atom is 0.573 e. The number of benzene rings is 1. The number of aromatic nitrogens is 1. The van der Waals surface area contributed by atoms with Gasteiger partial charge in [0, 0.05) is 24.6 Å². The van der Waals surface area contributed by atoms with Crippen molar-refractivity contribution in [3.05, 3.63) is 53.3 Å². The molecule has 20 heavy (non-hydrogen) atoms. The Morgan fingerprint density at radius 1 is 1.15 bits per heavy atom. The second kappa shape index (κ2) is 6.00. The summed E-state index contributed by atoms with van der Waals surface area (Å²) in [5.41, 5.74) is 1.50. The van der Waals surface area contributed by atoms with Crippen molar-refractivity contribution in [1.29, 1.82) is 0 Å². The molecule has 0 atom stereocenters. The van der Waals surface area contributed by atoms with Gasteiger partial charge in [0.1, 0.15) is 5.75 Å². The first kappa shape index (κ1) is 14.5. The summed E-state index contributed by atoms with van der Waals surface area (Å²) in [6.07, 6.45) is -1.54. The lowest BCUT2D eigenvalue weighted by Crippen LogP contribution is -2.17. The lowest BCUT2D eigenvalue weighted by molar-refractivity contribution is -0.274. The average Bonchev–Trinajstić information content (AvgIpc) is 2.38. The van der Waals surface area contributed by atoms with Crippen molar-refractivity contribution in [2.75, 3.05) is 5.32 Å². The predicted molar refractivity (Wildman–Crippen MR) is 69.7 cm³/mol. The third-order valence-corrected chi connectivity index (χ3v) is 2.77. The number of hydrogen-bond donors (Lipinski definition) is 1. The molecule has 0 aliphatic heterocycles. The largest absolute Gasteiger partial charge is 0.573 e. The van der Waals surface area contributed by atoms with E-state index in [2.05, 4.69) is 15.0 Å². The highest BCUT2D eigenvalue weighted by Gasteiger charge is 2.30. The molecule has 7 heteroatoms. The molecule has 0 spiro atoms. The maximum absolute atomic E-state index is 12.0. The summed E-state index contributed by atoms with van der Waals surface area (Å²) >= 11 is 5.94. The van der Waals surface area contributed by atoms with Gasteiger partial charge in [0.25, 0.3) is 0 Å². The van der Waals surface area contributed by atoms with Crippen LogP contribution in [-0.4, -0.2) is 11.3 Å². The summed E-state index contributed by atoms with van der Waals surface area (Å²) in [5.74, 6) is -0.259. The van der Waals surface area contributed by atoms with Crippen LogP contribution in [0.4, 0.5) is 18.9 Å². The zero-order valence-electron chi connectivity index (χ0n) is 10.1. The van der Waals surface area contributed by atoms with Gasteiger partial charge in [-0.05, 0) is 35.9 Å². The van der Waals surface area contributed by atoms with Gasteiger partial charge in [-0.2, -0.15) is 0 Å². The van der Waals surface area contributed by atoms with Crippen molar-refractivity contribution in [3.8, 4) is 5.75 Å². The standard InChI is InChI=1S/C13H10ClF3N2O/c14-12-8-18-6-5-9(12)7-19-10-1-3-11(4-2-10)20-13(15,16)17/h1-6,8,19H,7H2. The molecular weight excluding hydrogens is 293 g/mol. The smallest absolute Gasteiger partial charge is 0.406 e. The van der Waals surface area contributed by atoms with E-state index in [0.717, 1.165) is 5.56 Å². The minimum atomic E-state index is -4.68. The Morgan fingerprint density at radius 2 is 1.85 bits per heavy atom. The number of alkyl halides is 3. The fourth-order valence-electron chi connectivity index (χ4n) is 1.52. The lowest BCUT2D eigenvalue weighted by Gasteiger charge is -2.10. The van der Waals surface area contributed by atoms with Crippen LogP contribution in [0.3, 0.4) is 0 Å². The number of halogens is 4. The summed E-state index contributed by atoms with van der Waals surface area (Å²) in [6.45, 7) is 0.445. The van der Waals surface area contributed by atoms with E-state index in [1.165, 1.54) is 30.5 Å². The Hall–Kier alpha value is -1.95. The molecule has 2 aromatic rings. The second-order valence-electron chi connectivity index (χ2n) is 3.89. The number of nitrogens with zero attached hydrogens (tertiary/aromatic N) is 1. The third kappa shape index (κ3) is 4.31. The van der Waals surface area contributed by atoms with E-state index in [0.29, 0.717) is 17.3 Å². The molecule has 1 aromatic carbocycles. The molecular formula is C13H10ClF3N2O. The van der Waals surface area contributed by atoms with Crippen molar-refractivity contribution in [1.82, 2.24) is 4.98 Å². The SMILES string of the molecule is FC(F)(F)Oc1ccc(NCc2ccncc2Cl)cc1. The zero-order chi connectivity index (χ0) is 14.6. The molecule has 0 unspecified atom stereocenters. The van der Waals surface area contributed by atoms with Gasteiger partial charge in [-0.15, -0.1) is 13.2 Å². The van der Waals surface area contributed by atoms with Gasteiger partial charge in [0.05, 0.1) is 5.02 Å². The van der Waals surface area contributed by atoms with Crippen molar-refractivity contribution < 1.29 is 17.9 Å². The van der Waals surface area contributed by atoms with Crippen molar-refractivity contribution >= 4 is 17.3 Å². The van der Waals surface area contributed by atoms with Gasteiger partial charge < -0.3 is 10.1 Å². The molecule has 0 amide bonds. The number of nitrogens with one attached hydrogen (secondary N) is 1. The van der Waals surface area contributed by atoms with E-state index >= 15 is 0 Å². The zero-order valence-corrected chi connectivity index (χ0v) is 10.9. The number of rotatable bonds is 4. The Labute approximate surface area is 118 Å². The molecule has 2 rings (SSSR count). The molecule has 0 bridgehead atoms. The molecule has 0 aliphatic carbocycles. The highest BCUT2D eigenvalue weighted by atomic mass is 35.5. The topological polar surface area (TPSA) is 34.1 Å². The van der Waals surface area contributed by atoms with Crippen LogP contribution in [0.15, 0.2) is 42.7 Å². The quantitative estimate of drug-likeness (QED) is 0.917. The first-order valence-electron chi connectivity index (χ1n) is 5.62. The molecule has 3 nitrogen and oxygen atoms in total. The van der Waals surface area contributed by atoms with E-state index in [1.807, 2.05) is 0 Å². The van der Waals surface area contributed by atoms with E-state index < -0.39 is 6.36 Å². The molecule has 106 valence electrons. The van der Waals surface area contributed by atoms with Crippen molar-refractivity contribution in [2.45, 2.75) is 12.9 Å². The molecule has 0 radical (unpaired) electrons. The Bertz CT molecular complexity index is 573. The summed E-state index contributed by atoms with van der Waals surface area (Å²) in [5, 5.41) is 3.57. The number of ether oxygens (including phenoxy) is 1. The van der Waals surface area contributed by atoms with E-state index in [1.54, 1.807) is 12.3 Å². The van der Waals surface area contributed by atoms with Crippen LogP contribution in [0.2, 0.25) is 5.02 Å². The normalized spacial score (nSPS) is 11.2. The minimum absolute atomic E-state index is 0.259. The Morgan fingerprint density at radius 3 is 2.45 bits per heavy atom. The van der Waals surface area contributed by atoms with Gasteiger partial charge >= 0.3 is 6.36 Å². The summed E-state index contributed by atoms with van der Waals surface area (Å²) < 4.78 is 39.8. The van der Waals surface area contributed by atoms with Gasteiger partial charge in [-0.1, -0.05) is 11.6 Å². The lowest BCUT2D eigenvalue weighted by atomic mass is 10.2.